The van der Waals surface area contributed by atoms with Gasteiger partial charge in [-0.15, -0.1) is 0 Å². The molecule has 112 valence electrons. The summed E-state index contributed by atoms with van der Waals surface area (Å²) in [5.41, 5.74) is 6.01. The highest BCUT2D eigenvalue weighted by atomic mass is 32.2. The molecule has 6 nitrogen and oxygen atoms in total. The van der Waals surface area contributed by atoms with Crippen LogP contribution in [0, 0.1) is 0 Å². The van der Waals surface area contributed by atoms with Crippen molar-refractivity contribution in [2.45, 2.75) is 6.92 Å². The molecule has 0 atom stereocenters. The van der Waals surface area contributed by atoms with Crippen LogP contribution in [-0.4, -0.2) is 37.4 Å². The molecule has 0 spiro atoms. The van der Waals surface area contributed by atoms with Gasteiger partial charge in [-0.2, -0.15) is 0 Å². The van der Waals surface area contributed by atoms with E-state index < -0.39 is 15.7 Å². The Bertz CT molecular complexity index is 772. The van der Waals surface area contributed by atoms with Crippen LogP contribution in [0.5, 0.6) is 0 Å². The summed E-state index contributed by atoms with van der Waals surface area (Å²) in [4.78, 5) is 16.0. The number of aromatic nitrogens is 1. The number of nitrogens with zero attached hydrogens (tertiary/aromatic N) is 1. The summed E-state index contributed by atoms with van der Waals surface area (Å²) < 4.78 is 22.7. The maximum Gasteiger partial charge on any atom is 0.270 e. The molecule has 0 aliphatic rings. The maximum absolute atomic E-state index is 12.0. The molecule has 0 saturated heterocycles. The highest BCUT2D eigenvalue weighted by Crippen LogP contribution is 2.19. The van der Waals surface area contributed by atoms with Gasteiger partial charge in [-0.05, 0) is 11.5 Å². The largest absolute Gasteiger partial charge is 0.383 e. The van der Waals surface area contributed by atoms with Crippen LogP contribution in [0.1, 0.15) is 17.4 Å². The summed E-state index contributed by atoms with van der Waals surface area (Å²) in [5.74, 6) is -0.180. The Balaban J connectivity index is 2.13. The van der Waals surface area contributed by atoms with Gasteiger partial charge in [0, 0.05) is 17.7 Å². The van der Waals surface area contributed by atoms with Crippen molar-refractivity contribution in [1.82, 2.24) is 10.3 Å². The van der Waals surface area contributed by atoms with Gasteiger partial charge in [0.15, 0.2) is 9.84 Å². The van der Waals surface area contributed by atoms with E-state index in [4.69, 9.17) is 5.73 Å². The number of nitrogen functional groups attached to an aromatic ring is 1. The van der Waals surface area contributed by atoms with Gasteiger partial charge in [0.05, 0.1) is 5.75 Å². The molecule has 0 radical (unpaired) electrons. The lowest BCUT2D eigenvalue weighted by molar-refractivity contribution is 0.0951. The number of carbonyl (C=O) groups is 1. The summed E-state index contributed by atoms with van der Waals surface area (Å²) >= 11 is 0. The first-order valence-corrected chi connectivity index (χ1v) is 8.39. The zero-order chi connectivity index (χ0) is 15.5. The Hall–Kier alpha value is -2.15. The Morgan fingerprint density at radius 1 is 1.33 bits per heavy atom. The highest BCUT2D eigenvalue weighted by Gasteiger charge is 2.12. The Kier molecular flexibility index (Phi) is 4.42. The van der Waals surface area contributed by atoms with Gasteiger partial charge in [0.25, 0.3) is 5.91 Å². The van der Waals surface area contributed by atoms with Crippen molar-refractivity contribution < 1.29 is 13.2 Å². The van der Waals surface area contributed by atoms with Crippen LogP contribution >= 0.6 is 0 Å². The Morgan fingerprint density at radius 2 is 2.05 bits per heavy atom. The molecular weight excluding hydrogens is 290 g/mol. The van der Waals surface area contributed by atoms with Gasteiger partial charge < -0.3 is 11.1 Å². The molecule has 0 aliphatic carbocycles. The third-order valence-corrected chi connectivity index (χ3v) is 4.85. The van der Waals surface area contributed by atoms with Crippen molar-refractivity contribution in [1.29, 1.82) is 0 Å². The van der Waals surface area contributed by atoms with Crippen molar-refractivity contribution in [2.24, 2.45) is 0 Å². The molecule has 0 aliphatic heterocycles. The van der Waals surface area contributed by atoms with E-state index in [2.05, 4.69) is 10.3 Å². The van der Waals surface area contributed by atoms with Crippen molar-refractivity contribution in [3.8, 4) is 0 Å². The topological polar surface area (TPSA) is 102 Å². The minimum Gasteiger partial charge on any atom is -0.383 e. The van der Waals surface area contributed by atoms with E-state index in [-0.39, 0.29) is 29.6 Å². The van der Waals surface area contributed by atoms with Crippen LogP contribution in [-0.2, 0) is 9.84 Å². The number of pyridine rings is 1. The SMILES string of the molecule is CCS(=O)(=O)CCNC(=O)c1cc2ccccc2c(N)n1. The average Bonchev–Trinajstić information content (AvgIpc) is 2.47. The molecule has 2 aromatic rings. The predicted molar refractivity (Wildman–Crippen MR) is 82.8 cm³/mol. The van der Waals surface area contributed by atoms with Crippen molar-refractivity contribution in [3.05, 3.63) is 36.0 Å². The first-order valence-electron chi connectivity index (χ1n) is 6.57. The fraction of sp³-hybridized carbons (Fsp3) is 0.286. The minimum atomic E-state index is -3.10. The number of nitrogens with two attached hydrogens (primary N) is 1. The molecule has 1 aromatic carbocycles. The Labute approximate surface area is 123 Å². The van der Waals surface area contributed by atoms with E-state index >= 15 is 0 Å². The standard InChI is InChI=1S/C14H17N3O3S/c1-2-21(19,20)8-7-16-14(18)12-9-10-5-3-4-6-11(10)13(15)17-12/h3-6,9H,2,7-8H2,1H3,(H2,15,17)(H,16,18). The van der Waals surface area contributed by atoms with Crippen molar-refractivity contribution in [3.63, 3.8) is 0 Å². The molecule has 0 saturated carbocycles. The summed E-state index contributed by atoms with van der Waals surface area (Å²) in [6, 6.07) is 8.99. The molecule has 21 heavy (non-hydrogen) atoms. The highest BCUT2D eigenvalue weighted by molar-refractivity contribution is 7.91. The number of amides is 1. The molecule has 0 bridgehead atoms. The third-order valence-electron chi connectivity index (χ3n) is 3.14. The number of fused-ring (bicyclic) bond motifs is 1. The second-order valence-corrected chi connectivity index (χ2v) is 7.08. The van der Waals surface area contributed by atoms with Gasteiger partial charge in [-0.1, -0.05) is 31.2 Å². The zero-order valence-electron chi connectivity index (χ0n) is 11.7. The van der Waals surface area contributed by atoms with E-state index in [0.29, 0.717) is 0 Å². The van der Waals surface area contributed by atoms with Gasteiger partial charge >= 0.3 is 0 Å². The number of anilines is 1. The summed E-state index contributed by atoms with van der Waals surface area (Å²) in [6.07, 6.45) is 0. The lowest BCUT2D eigenvalue weighted by Crippen LogP contribution is -2.30. The maximum atomic E-state index is 12.0. The van der Waals surface area contributed by atoms with Crippen LogP contribution in [0.2, 0.25) is 0 Å². The molecule has 1 amide bonds. The molecule has 0 unspecified atom stereocenters. The van der Waals surface area contributed by atoms with Crippen LogP contribution in [0.4, 0.5) is 5.82 Å². The third kappa shape index (κ3) is 3.69. The lowest BCUT2D eigenvalue weighted by Gasteiger charge is -2.07. The molecule has 3 N–H and O–H groups in total. The second-order valence-electron chi connectivity index (χ2n) is 4.61. The number of rotatable bonds is 5. The van der Waals surface area contributed by atoms with Gasteiger partial charge in [-0.25, -0.2) is 13.4 Å². The van der Waals surface area contributed by atoms with Crippen molar-refractivity contribution >= 4 is 32.3 Å². The fourth-order valence-electron chi connectivity index (χ4n) is 1.90. The minimum absolute atomic E-state index is 0.0589. The number of nitrogens with one attached hydrogen (secondary N) is 1. The van der Waals surface area contributed by atoms with Gasteiger partial charge in [0.1, 0.15) is 11.5 Å². The molecule has 7 heteroatoms. The first-order chi connectivity index (χ1) is 9.93. The van der Waals surface area contributed by atoms with E-state index in [1.807, 2.05) is 24.3 Å². The normalized spacial score (nSPS) is 11.5. The summed E-state index contributed by atoms with van der Waals surface area (Å²) in [5, 5.41) is 4.14. The van der Waals surface area contributed by atoms with Crippen LogP contribution < -0.4 is 11.1 Å². The summed E-state index contributed by atoms with van der Waals surface area (Å²) in [6.45, 7) is 1.63. The van der Waals surface area contributed by atoms with E-state index in [1.165, 1.54) is 0 Å². The smallest absolute Gasteiger partial charge is 0.270 e. The van der Waals surface area contributed by atoms with Crippen LogP contribution in [0.25, 0.3) is 10.8 Å². The number of sulfone groups is 1. The molecule has 1 heterocycles. The van der Waals surface area contributed by atoms with Crippen LogP contribution in [0.3, 0.4) is 0 Å². The molecule has 0 fully saturated rings. The zero-order valence-corrected chi connectivity index (χ0v) is 12.5. The number of benzene rings is 1. The second kappa shape index (κ2) is 6.09. The fourth-order valence-corrected chi connectivity index (χ4v) is 2.60. The van der Waals surface area contributed by atoms with E-state index in [0.717, 1.165) is 10.8 Å². The average molecular weight is 307 g/mol. The quantitative estimate of drug-likeness (QED) is 0.857. The Morgan fingerprint density at radius 3 is 2.76 bits per heavy atom. The van der Waals surface area contributed by atoms with Crippen molar-refractivity contribution in [2.75, 3.05) is 23.8 Å². The molecule has 2 rings (SSSR count). The predicted octanol–water partition coefficient (Wildman–Crippen LogP) is 0.982. The van der Waals surface area contributed by atoms with E-state index in [9.17, 15) is 13.2 Å². The van der Waals surface area contributed by atoms with Gasteiger partial charge in [-0.3, -0.25) is 4.79 Å². The number of hydrogen-bond donors (Lipinski definition) is 2. The molecule has 1 aromatic heterocycles. The monoisotopic (exact) mass is 307 g/mol. The summed E-state index contributed by atoms with van der Waals surface area (Å²) in [7, 11) is -3.10. The van der Waals surface area contributed by atoms with E-state index in [1.54, 1.807) is 13.0 Å². The lowest BCUT2D eigenvalue weighted by atomic mass is 10.1. The first kappa shape index (κ1) is 15.2. The van der Waals surface area contributed by atoms with Gasteiger partial charge in [0.2, 0.25) is 0 Å². The molecular formula is C14H17N3O3S. The number of carbonyl (C=O) groups excluding carboxylic acids is 1. The number of hydrogen-bond acceptors (Lipinski definition) is 5. The van der Waals surface area contributed by atoms with Crippen LogP contribution in [0.15, 0.2) is 30.3 Å².